The number of nitrogens with zero attached hydrogens (tertiary/aromatic N) is 1. The molecule has 1 rings (SSSR count). The fourth-order valence-corrected chi connectivity index (χ4v) is 0.817. The third kappa shape index (κ3) is 1.83. The van der Waals surface area contributed by atoms with E-state index in [4.69, 9.17) is 5.73 Å². The number of amides is 2. The molecule has 0 aromatic rings. The second-order valence-electron chi connectivity index (χ2n) is 2.80. The van der Waals surface area contributed by atoms with Crippen molar-refractivity contribution in [1.82, 2.24) is 10.6 Å². The van der Waals surface area contributed by atoms with Gasteiger partial charge in [0.2, 0.25) is 0 Å². The number of rotatable bonds is 1. The molecule has 1 aliphatic rings. The van der Waals surface area contributed by atoms with Crippen molar-refractivity contribution in [3.8, 4) is 0 Å². The maximum atomic E-state index is 10.8. The van der Waals surface area contributed by atoms with Crippen molar-refractivity contribution in [1.29, 1.82) is 0 Å². The molecule has 0 saturated carbocycles. The van der Waals surface area contributed by atoms with Crippen LogP contribution in [-0.4, -0.2) is 18.2 Å². The van der Waals surface area contributed by atoms with Gasteiger partial charge in [-0.05, 0) is 5.92 Å². The minimum absolute atomic E-state index is 0.187. The van der Waals surface area contributed by atoms with Crippen molar-refractivity contribution in [2.75, 3.05) is 0 Å². The van der Waals surface area contributed by atoms with Gasteiger partial charge in [0.15, 0.2) is 5.96 Å². The van der Waals surface area contributed by atoms with Gasteiger partial charge >= 0.3 is 6.03 Å². The number of urea groups is 1. The Hall–Kier alpha value is -1.26. The lowest BCUT2D eigenvalue weighted by Gasteiger charge is -2.23. The Morgan fingerprint density at radius 2 is 2.27 bits per heavy atom. The van der Waals surface area contributed by atoms with Crippen molar-refractivity contribution in [2.24, 2.45) is 16.6 Å². The fourth-order valence-electron chi connectivity index (χ4n) is 0.817. The van der Waals surface area contributed by atoms with Gasteiger partial charge in [-0.25, -0.2) is 9.79 Å². The summed E-state index contributed by atoms with van der Waals surface area (Å²) >= 11 is 0. The average Bonchev–Trinajstić information content (AvgIpc) is 1.85. The summed E-state index contributed by atoms with van der Waals surface area (Å²) < 4.78 is 0. The zero-order valence-electron chi connectivity index (χ0n) is 6.59. The first-order chi connectivity index (χ1) is 5.09. The molecule has 4 N–H and O–H groups in total. The first kappa shape index (κ1) is 7.84. The molecule has 62 valence electrons. The topological polar surface area (TPSA) is 79.5 Å². The summed E-state index contributed by atoms with van der Waals surface area (Å²) in [4.78, 5) is 14.8. The second kappa shape index (κ2) is 2.77. The molecule has 0 fully saturated rings. The van der Waals surface area contributed by atoms with Crippen LogP contribution in [0.2, 0.25) is 0 Å². The Balaban J connectivity index is 2.69. The van der Waals surface area contributed by atoms with E-state index in [1.807, 2.05) is 13.8 Å². The lowest BCUT2D eigenvalue weighted by atomic mass is 10.1. The molecule has 1 atom stereocenters. The molecule has 0 bridgehead atoms. The predicted molar refractivity (Wildman–Crippen MR) is 41.9 cm³/mol. The minimum atomic E-state index is -0.281. The maximum absolute atomic E-state index is 10.8. The smallest absolute Gasteiger partial charge is 0.323 e. The summed E-state index contributed by atoms with van der Waals surface area (Å²) in [6, 6.07) is -0.281. The Morgan fingerprint density at radius 3 is 2.73 bits per heavy atom. The number of guanidine groups is 1. The standard InChI is InChI=1S/C6H12N4O/c1-3(2)4-8-5(7)10-6(11)9-4/h3-4H,1-2H3,(H4,7,8,9,10,11). The third-order valence-electron chi connectivity index (χ3n) is 1.43. The van der Waals surface area contributed by atoms with E-state index in [1.165, 1.54) is 0 Å². The van der Waals surface area contributed by atoms with E-state index < -0.39 is 0 Å². The first-order valence-corrected chi connectivity index (χ1v) is 3.50. The quantitative estimate of drug-likeness (QED) is 0.482. The lowest BCUT2D eigenvalue weighted by molar-refractivity contribution is 0.235. The second-order valence-corrected chi connectivity index (χ2v) is 2.80. The molecule has 0 radical (unpaired) electrons. The summed E-state index contributed by atoms with van der Waals surface area (Å²) in [5, 5.41) is 4.97. The minimum Gasteiger partial charge on any atom is -0.370 e. The van der Waals surface area contributed by atoms with E-state index in [2.05, 4.69) is 15.6 Å². The molecule has 5 heteroatoms. The highest BCUT2D eigenvalue weighted by molar-refractivity contribution is 5.97. The first-order valence-electron chi connectivity index (χ1n) is 3.50. The summed E-state index contributed by atoms with van der Waals surface area (Å²) in [6.07, 6.45) is -0.191. The number of hydrogen-bond donors (Lipinski definition) is 3. The molecule has 0 aromatic heterocycles. The summed E-state index contributed by atoms with van der Waals surface area (Å²) in [6.45, 7) is 3.93. The zero-order valence-corrected chi connectivity index (χ0v) is 6.59. The molecule has 1 unspecified atom stereocenters. The van der Waals surface area contributed by atoms with Gasteiger partial charge in [0.05, 0.1) is 0 Å². The van der Waals surface area contributed by atoms with E-state index in [9.17, 15) is 4.79 Å². The summed E-state index contributed by atoms with van der Waals surface area (Å²) in [5.41, 5.74) is 5.33. The van der Waals surface area contributed by atoms with Crippen LogP contribution in [-0.2, 0) is 0 Å². The van der Waals surface area contributed by atoms with Crippen LogP contribution < -0.4 is 16.4 Å². The molecule has 0 spiro atoms. The van der Waals surface area contributed by atoms with Crippen LogP contribution in [0.15, 0.2) is 4.99 Å². The lowest BCUT2D eigenvalue weighted by Crippen LogP contribution is -2.53. The summed E-state index contributed by atoms with van der Waals surface area (Å²) in [7, 11) is 0. The highest BCUT2D eigenvalue weighted by Crippen LogP contribution is 2.04. The molecule has 0 aliphatic carbocycles. The molecule has 1 heterocycles. The van der Waals surface area contributed by atoms with E-state index in [0.29, 0.717) is 0 Å². The normalized spacial score (nSPS) is 24.1. The molecular formula is C6H12N4O. The molecule has 1 aliphatic heterocycles. The van der Waals surface area contributed by atoms with Crippen LogP contribution in [0.3, 0.4) is 0 Å². The van der Waals surface area contributed by atoms with Crippen molar-refractivity contribution < 1.29 is 4.79 Å². The molecule has 5 nitrogen and oxygen atoms in total. The van der Waals surface area contributed by atoms with Gasteiger partial charge in [0.25, 0.3) is 0 Å². The highest BCUT2D eigenvalue weighted by Gasteiger charge is 2.19. The Kier molecular flexibility index (Phi) is 1.98. The zero-order chi connectivity index (χ0) is 8.43. The van der Waals surface area contributed by atoms with E-state index in [0.717, 1.165) is 0 Å². The number of aliphatic imine (C=N–C) groups is 1. The highest BCUT2D eigenvalue weighted by atomic mass is 16.2. The maximum Gasteiger partial charge on any atom is 0.323 e. The van der Waals surface area contributed by atoms with Crippen molar-refractivity contribution >= 4 is 12.0 Å². The van der Waals surface area contributed by atoms with Gasteiger partial charge < -0.3 is 11.1 Å². The largest absolute Gasteiger partial charge is 0.370 e. The number of carbonyl (C=O) groups excluding carboxylic acids is 1. The Morgan fingerprint density at radius 1 is 1.64 bits per heavy atom. The number of nitrogens with two attached hydrogens (primary N) is 1. The van der Waals surface area contributed by atoms with E-state index in [-0.39, 0.29) is 24.1 Å². The van der Waals surface area contributed by atoms with Crippen LogP contribution in [0.5, 0.6) is 0 Å². The molecule has 0 aromatic carbocycles. The van der Waals surface area contributed by atoms with Gasteiger partial charge in [-0.3, -0.25) is 5.32 Å². The number of hydrogen-bond acceptors (Lipinski definition) is 3. The third-order valence-corrected chi connectivity index (χ3v) is 1.43. The average molecular weight is 156 g/mol. The van der Waals surface area contributed by atoms with Gasteiger partial charge in [0.1, 0.15) is 6.17 Å². The Bertz CT molecular complexity index is 199. The van der Waals surface area contributed by atoms with Crippen LogP contribution in [0, 0.1) is 5.92 Å². The van der Waals surface area contributed by atoms with Gasteiger partial charge in [-0.2, -0.15) is 0 Å². The van der Waals surface area contributed by atoms with Crippen molar-refractivity contribution in [3.63, 3.8) is 0 Å². The SMILES string of the molecule is CC(C)C1N=C(N)NC(=O)N1. The number of nitrogens with one attached hydrogen (secondary N) is 2. The van der Waals surface area contributed by atoms with Gasteiger partial charge in [0, 0.05) is 0 Å². The van der Waals surface area contributed by atoms with Crippen molar-refractivity contribution in [2.45, 2.75) is 20.0 Å². The molecule has 2 amide bonds. The monoisotopic (exact) mass is 156 g/mol. The Labute approximate surface area is 65.1 Å². The number of carbonyl (C=O) groups is 1. The van der Waals surface area contributed by atoms with E-state index in [1.54, 1.807) is 0 Å². The fraction of sp³-hybridized carbons (Fsp3) is 0.667. The van der Waals surface area contributed by atoms with Crippen LogP contribution >= 0.6 is 0 Å². The van der Waals surface area contributed by atoms with Crippen LogP contribution in [0.1, 0.15) is 13.8 Å². The molecular weight excluding hydrogens is 144 g/mol. The van der Waals surface area contributed by atoms with Crippen molar-refractivity contribution in [3.05, 3.63) is 0 Å². The van der Waals surface area contributed by atoms with Crippen LogP contribution in [0.4, 0.5) is 4.79 Å². The van der Waals surface area contributed by atoms with E-state index >= 15 is 0 Å². The molecule has 11 heavy (non-hydrogen) atoms. The molecule has 0 saturated heterocycles. The van der Waals surface area contributed by atoms with Crippen LogP contribution in [0.25, 0.3) is 0 Å². The summed E-state index contributed by atoms with van der Waals surface area (Å²) in [5.74, 6) is 0.451. The van der Waals surface area contributed by atoms with Gasteiger partial charge in [-0.15, -0.1) is 0 Å². The predicted octanol–water partition coefficient (Wildman–Crippen LogP) is -0.404. The van der Waals surface area contributed by atoms with Gasteiger partial charge in [-0.1, -0.05) is 13.8 Å².